The van der Waals surface area contributed by atoms with E-state index in [9.17, 15) is 18.0 Å². The van der Waals surface area contributed by atoms with Crippen LogP contribution in [-0.4, -0.2) is 52.9 Å². The van der Waals surface area contributed by atoms with E-state index in [2.05, 4.69) is 9.97 Å². The molecule has 0 aliphatic carbocycles. The normalized spacial score (nSPS) is 11.2. The molecule has 0 saturated carbocycles. The quantitative estimate of drug-likeness (QED) is 0.776. The van der Waals surface area contributed by atoms with Gasteiger partial charge in [0.2, 0.25) is 5.91 Å². The van der Waals surface area contributed by atoms with Gasteiger partial charge in [0.15, 0.2) is 17.5 Å². The van der Waals surface area contributed by atoms with Crippen molar-refractivity contribution in [2.45, 2.75) is 19.9 Å². The Hall–Kier alpha value is -2.35. The van der Waals surface area contributed by atoms with Crippen LogP contribution in [0.2, 0.25) is 0 Å². The van der Waals surface area contributed by atoms with Gasteiger partial charge in [-0.2, -0.15) is 0 Å². The van der Waals surface area contributed by atoms with Gasteiger partial charge in [-0.05, 0) is 38.7 Å². The fourth-order valence-electron chi connectivity index (χ4n) is 2.34. The van der Waals surface area contributed by atoms with E-state index in [1.54, 1.807) is 11.2 Å². The summed E-state index contributed by atoms with van der Waals surface area (Å²) >= 11 is 0. The Labute approximate surface area is 144 Å². The zero-order chi connectivity index (χ0) is 18.6. The highest BCUT2D eigenvalue weighted by Gasteiger charge is 2.19. The lowest BCUT2D eigenvalue weighted by molar-refractivity contribution is -0.131. The summed E-state index contributed by atoms with van der Waals surface area (Å²) in [6.45, 7) is 3.20. The van der Waals surface area contributed by atoms with Crippen molar-refractivity contribution in [2.75, 3.05) is 27.2 Å². The molecule has 5 nitrogen and oxygen atoms in total. The number of nitrogens with one attached hydrogen (secondary N) is 1. The lowest BCUT2D eigenvalue weighted by Crippen LogP contribution is -2.37. The van der Waals surface area contributed by atoms with Crippen LogP contribution in [0.3, 0.4) is 0 Å². The topological polar surface area (TPSA) is 52.2 Å². The van der Waals surface area contributed by atoms with Crippen LogP contribution in [0.25, 0.3) is 0 Å². The van der Waals surface area contributed by atoms with Crippen molar-refractivity contribution >= 4 is 5.91 Å². The molecule has 1 heterocycles. The highest BCUT2D eigenvalue weighted by Crippen LogP contribution is 2.15. The number of hydrogen-bond donors (Lipinski definition) is 1. The zero-order valence-corrected chi connectivity index (χ0v) is 14.4. The van der Waals surface area contributed by atoms with E-state index in [4.69, 9.17) is 0 Å². The van der Waals surface area contributed by atoms with Crippen molar-refractivity contribution < 1.29 is 18.0 Å². The van der Waals surface area contributed by atoms with Gasteiger partial charge in [-0.1, -0.05) is 0 Å². The molecular weight excluding hydrogens is 333 g/mol. The molecule has 0 atom stereocenters. The second-order valence-electron chi connectivity index (χ2n) is 6.14. The van der Waals surface area contributed by atoms with Crippen LogP contribution in [0.15, 0.2) is 18.5 Å². The molecule has 0 radical (unpaired) electrons. The smallest absolute Gasteiger partial charge is 0.227 e. The standard InChI is InChI=1S/C17H21F3N4O/c1-11-15(22-10-21-11)9-24(5-4-23(2)3)16(25)8-12-6-13(18)17(20)14(19)7-12/h6-7,10H,4-5,8-9H2,1-3H3,(H,21,22). The summed E-state index contributed by atoms with van der Waals surface area (Å²) < 4.78 is 39.7. The first-order valence-corrected chi connectivity index (χ1v) is 7.82. The van der Waals surface area contributed by atoms with Crippen molar-refractivity contribution in [2.24, 2.45) is 0 Å². The van der Waals surface area contributed by atoms with E-state index >= 15 is 0 Å². The Morgan fingerprint density at radius 2 is 1.80 bits per heavy atom. The highest BCUT2D eigenvalue weighted by molar-refractivity contribution is 5.78. The number of H-pyrrole nitrogens is 1. The van der Waals surface area contributed by atoms with Gasteiger partial charge in [0.1, 0.15) is 0 Å². The van der Waals surface area contributed by atoms with Gasteiger partial charge in [-0.15, -0.1) is 0 Å². The van der Waals surface area contributed by atoms with Crippen LogP contribution >= 0.6 is 0 Å². The number of imidazole rings is 1. The molecule has 2 aromatic rings. The number of carbonyl (C=O) groups is 1. The van der Waals surface area contributed by atoms with E-state index < -0.39 is 17.5 Å². The predicted molar refractivity (Wildman–Crippen MR) is 87.3 cm³/mol. The molecule has 1 aromatic carbocycles. The number of amides is 1. The molecule has 8 heteroatoms. The van der Waals surface area contributed by atoms with E-state index in [0.29, 0.717) is 13.1 Å². The zero-order valence-electron chi connectivity index (χ0n) is 14.4. The number of likely N-dealkylation sites (N-methyl/N-ethyl adjacent to an activating group) is 1. The number of aromatic nitrogens is 2. The van der Waals surface area contributed by atoms with Crippen molar-refractivity contribution in [3.05, 3.63) is 52.9 Å². The Balaban J connectivity index is 2.15. The van der Waals surface area contributed by atoms with Gasteiger partial charge in [0, 0.05) is 18.8 Å². The summed E-state index contributed by atoms with van der Waals surface area (Å²) in [5.41, 5.74) is 1.67. The van der Waals surface area contributed by atoms with Crippen LogP contribution in [0.4, 0.5) is 13.2 Å². The fourth-order valence-corrected chi connectivity index (χ4v) is 2.34. The third kappa shape index (κ3) is 5.06. The molecular formula is C17H21F3N4O. The number of nitrogens with zero attached hydrogens (tertiary/aromatic N) is 3. The maximum absolute atomic E-state index is 13.3. The minimum Gasteiger partial charge on any atom is -0.348 e. The molecule has 1 aromatic heterocycles. The number of hydrogen-bond acceptors (Lipinski definition) is 3. The summed E-state index contributed by atoms with van der Waals surface area (Å²) in [5.74, 6) is -4.45. The number of benzene rings is 1. The monoisotopic (exact) mass is 354 g/mol. The maximum Gasteiger partial charge on any atom is 0.227 e. The summed E-state index contributed by atoms with van der Waals surface area (Å²) in [4.78, 5) is 23.2. The molecule has 0 unspecified atom stereocenters. The summed E-state index contributed by atoms with van der Waals surface area (Å²) in [6, 6.07) is 1.69. The van der Waals surface area contributed by atoms with Crippen LogP contribution < -0.4 is 0 Å². The lowest BCUT2D eigenvalue weighted by atomic mass is 10.1. The fraction of sp³-hybridized carbons (Fsp3) is 0.412. The number of carbonyl (C=O) groups excluding carboxylic acids is 1. The summed E-state index contributed by atoms with van der Waals surface area (Å²) in [5, 5.41) is 0. The molecule has 0 saturated heterocycles. The van der Waals surface area contributed by atoms with Crippen molar-refractivity contribution in [1.29, 1.82) is 0 Å². The second-order valence-corrected chi connectivity index (χ2v) is 6.14. The Morgan fingerprint density at radius 3 is 2.32 bits per heavy atom. The second kappa shape index (κ2) is 8.15. The third-order valence-electron chi connectivity index (χ3n) is 3.84. The van der Waals surface area contributed by atoms with Crippen molar-refractivity contribution in [3.8, 4) is 0 Å². The van der Waals surface area contributed by atoms with E-state index in [0.717, 1.165) is 23.5 Å². The van der Waals surface area contributed by atoms with Gasteiger partial charge >= 0.3 is 0 Å². The van der Waals surface area contributed by atoms with Crippen LogP contribution in [0.5, 0.6) is 0 Å². The average Bonchev–Trinajstić information content (AvgIpc) is 2.93. The van der Waals surface area contributed by atoms with Crippen LogP contribution in [0.1, 0.15) is 17.0 Å². The Kier molecular flexibility index (Phi) is 6.19. The van der Waals surface area contributed by atoms with Gasteiger partial charge in [0.05, 0.1) is 25.0 Å². The van der Waals surface area contributed by atoms with E-state index in [-0.39, 0.29) is 24.4 Å². The molecule has 0 fully saturated rings. The summed E-state index contributed by atoms with van der Waals surface area (Å²) in [7, 11) is 3.76. The molecule has 0 spiro atoms. The maximum atomic E-state index is 13.3. The van der Waals surface area contributed by atoms with E-state index in [1.807, 2.05) is 25.9 Å². The highest BCUT2D eigenvalue weighted by atomic mass is 19.2. The number of aryl methyl sites for hydroxylation is 1. The number of rotatable bonds is 7. The predicted octanol–water partition coefficient (Wildman–Crippen LogP) is 2.27. The minimum atomic E-state index is -1.53. The van der Waals surface area contributed by atoms with Crippen LogP contribution in [0, 0.1) is 24.4 Å². The van der Waals surface area contributed by atoms with Gasteiger partial charge in [0.25, 0.3) is 0 Å². The molecule has 1 amide bonds. The van der Waals surface area contributed by atoms with E-state index in [1.165, 1.54) is 0 Å². The summed E-state index contributed by atoms with van der Waals surface area (Å²) in [6.07, 6.45) is 1.33. The SMILES string of the molecule is Cc1[nH]cnc1CN(CCN(C)C)C(=O)Cc1cc(F)c(F)c(F)c1. The Bertz CT molecular complexity index is 722. The van der Waals surface area contributed by atoms with Crippen LogP contribution in [-0.2, 0) is 17.8 Å². The molecule has 136 valence electrons. The van der Waals surface area contributed by atoms with Crippen molar-refractivity contribution in [3.63, 3.8) is 0 Å². The molecule has 0 aliphatic rings. The van der Waals surface area contributed by atoms with Gasteiger partial charge in [-0.25, -0.2) is 18.2 Å². The Morgan fingerprint density at radius 1 is 1.16 bits per heavy atom. The molecule has 1 N–H and O–H groups in total. The third-order valence-corrected chi connectivity index (χ3v) is 3.84. The van der Waals surface area contributed by atoms with Gasteiger partial charge in [-0.3, -0.25) is 4.79 Å². The average molecular weight is 354 g/mol. The first-order chi connectivity index (χ1) is 11.8. The molecule has 0 bridgehead atoms. The minimum absolute atomic E-state index is 0.0926. The number of halogens is 3. The molecule has 2 rings (SSSR count). The molecule has 0 aliphatic heterocycles. The first-order valence-electron chi connectivity index (χ1n) is 7.82. The lowest BCUT2D eigenvalue weighted by Gasteiger charge is -2.24. The van der Waals surface area contributed by atoms with Crippen molar-refractivity contribution in [1.82, 2.24) is 19.8 Å². The molecule has 25 heavy (non-hydrogen) atoms. The van der Waals surface area contributed by atoms with Gasteiger partial charge < -0.3 is 14.8 Å². The number of aromatic amines is 1. The first kappa shape index (κ1) is 19.0. The largest absolute Gasteiger partial charge is 0.348 e.